The lowest BCUT2D eigenvalue weighted by Gasteiger charge is -2.06. The monoisotopic (exact) mass is 227 g/mol. The Hall–Kier alpha value is -1.65. The first-order valence-corrected chi connectivity index (χ1v) is 5.84. The molecule has 0 fully saturated rings. The highest BCUT2D eigenvalue weighted by Gasteiger charge is 2.14. The van der Waals surface area contributed by atoms with E-state index in [-0.39, 0.29) is 10.6 Å². The minimum absolute atomic E-state index is 0.0647. The molecule has 0 saturated carbocycles. The molecule has 0 atom stereocenters. The topological polar surface area (TPSA) is 72.8 Å². The van der Waals surface area contributed by atoms with Gasteiger partial charge in [0, 0.05) is 12.3 Å². The predicted octanol–water partition coefficient (Wildman–Crippen LogP) is 1.07. The van der Waals surface area contributed by atoms with Crippen molar-refractivity contribution in [3.8, 4) is 5.75 Å². The number of rotatable bonds is 3. The Kier molecular flexibility index (Phi) is 3.24. The summed E-state index contributed by atoms with van der Waals surface area (Å²) >= 11 is 0. The van der Waals surface area contributed by atoms with Crippen molar-refractivity contribution in [2.75, 3.05) is 13.4 Å². The second kappa shape index (κ2) is 4.25. The molecule has 0 amide bonds. The molecule has 5 nitrogen and oxygen atoms in total. The Morgan fingerprint density at radius 2 is 2.07 bits per heavy atom. The van der Waals surface area contributed by atoms with Crippen LogP contribution in [0.3, 0.4) is 0 Å². The van der Waals surface area contributed by atoms with Gasteiger partial charge in [-0.15, -0.1) is 0 Å². The van der Waals surface area contributed by atoms with Crippen molar-refractivity contribution in [1.82, 2.24) is 0 Å². The fraction of sp³-hybridized carbons (Fsp3) is 0.222. The van der Waals surface area contributed by atoms with E-state index in [1.807, 2.05) is 0 Å². The number of methoxy groups -OCH3 is 1. The first-order valence-electron chi connectivity index (χ1n) is 3.95. The molecule has 1 rings (SSSR count). The van der Waals surface area contributed by atoms with Crippen molar-refractivity contribution in [3.63, 3.8) is 0 Å². The van der Waals surface area contributed by atoms with Crippen LogP contribution in [0.15, 0.2) is 28.1 Å². The van der Waals surface area contributed by atoms with Crippen LogP contribution in [-0.4, -0.2) is 27.9 Å². The fourth-order valence-electron chi connectivity index (χ4n) is 1.08. The Morgan fingerprint density at radius 1 is 1.40 bits per heavy atom. The summed E-state index contributed by atoms with van der Waals surface area (Å²) in [5.41, 5.74) is 0.300. The van der Waals surface area contributed by atoms with E-state index in [1.54, 1.807) is 0 Å². The largest absolute Gasteiger partial charge is 0.495 e. The number of hydrogen-bond acceptors (Lipinski definition) is 5. The molecule has 0 aliphatic carbocycles. The summed E-state index contributed by atoms with van der Waals surface area (Å²) in [5, 5.41) is 0. The van der Waals surface area contributed by atoms with E-state index < -0.39 is 9.84 Å². The van der Waals surface area contributed by atoms with Crippen molar-refractivity contribution >= 4 is 21.6 Å². The van der Waals surface area contributed by atoms with E-state index in [4.69, 9.17) is 4.74 Å². The van der Waals surface area contributed by atoms with Crippen LogP contribution in [0.4, 0.5) is 5.69 Å². The van der Waals surface area contributed by atoms with Gasteiger partial charge in [-0.25, -0.2) is 13.2 Å². The third-order valence-corrected chi connectivity index (χ3v) is 2.86. The van der Waals surface area contributed by atoms with Gasteiger partial charge in [0.1, 0.15) is 10.6 Å². The average molecular weight is 227 g/mol. The normalized spacial score (nSPS) is 10.5. The summed E-state index contributed by atoms with van der Waals surface area (Å²) in [5.74, 6) is 0.161. The van der Waals surface area contributed by atoms with Crippen LogP contribution < -0.4 is 4.74 Å². The second-order valence-corrected chi connectivity index (χ2v) is 4.79. The highest BCUT2D eigenvalue weighted by atomic mass is 32.2. The van der Waals surface area contributed by atoms with Crippen LogP contribution in [0.25, 0.3) is 0 Å². The van der Waals surface area contributed by atoms with E-state index in [0.717, 1.165) is 6.26 Å². The Balaban J connectivity index is 3.40. The Morgan fingerprint density at radius 3 is 2.53 bits per heavy atom. The maximum atomic E-state index is 11.3. The van der Waals surface area contributed by atoms with Crippen molar-refractivity contribution < 1.29 is 17.9 Å². The molecule has 15 heavy (non-hydrogen) atoms. The summed E-state index contributed by atoms with van der Waals surface area (Å²) in [4.78, 5) is 13.4. The van der Waals surface area contributed by atoms with E-state index in [0.29, 0.717) is 5.69 Å². The van der Waals surface area contributed by atoms with E-state index >= 15 is 0 Å². The lowest BCUT2D eigenvalue weighted by molar-refractivity contribution is 0.403. The van der Waals surface area contributed by atoms with E-state index in [2.05, 4.69) is 4.99 Å². The van der Waals surface area contributed by atoms with Gasteiger partial charge in [-0.1, -0.05) is 0 Å². The van der Waals surface area contributed by atoms with E-state index in [9.17, 15) is 13.2 Å². The summed E-state index contributed by atoms with van der Waals surface area (Å²) in [7, 11) is -2.00. The molecular weight excluding hydrogens is 218 g/mol. The predicted molar refractivity (Wildman–Crippen MR) is 53.9 cm³/mol. The van der Waals surface area contributed by atoms with Gasteiger partial charge >= 0.3 is 0 Å². The lowest BCUT2D eigenvalue weighted by atomic mass is 10.3. The first-order chi connectivity index (χ1) is 6.99. The van der Waals surface area contributed by atoms with Crippen molar-refractivity contribution in [2.24, 2.45) is 4.99 Å². The summed E-state index contributed by atoms with van der Waals surface area (Å²) in [6.07, 6.45) is 2.44. The Labute approximate surface area is 87.3 Å². The molecule has 0 spiro atoms. The van der Waals surface area contributed by atoms with E-state index in [1.165, 1.54) is 31.4 Å². The Bertz CT molecular complexity index is 515. The molecule has 0 radical (unpaired) electrons. The maximum Gasteiger partial charge on any atom is 0.240 e. The molecule has 0 unspecified atom stereocenters. The molecule has 0 saturated heterocycles. The molecule has 6 heteroatoms. The molecule has 1 aromatic carbocycles. The van der Waals surface area contributed by atoms with Gasteiger partial charge in [0.2, 0.25) is 6.08 Å². The van der Waals surface area contributed by atoms with Crippen LogP contribution >= 0.6 is 0 Å². The minimum Gasteiger partial charge on any atom is -0.495 e. The van der Waals surface area contributed by atoms with Crippen molar-refractivity contribution in [1.29, 1.82) is 0 Å². The third kappa shape index (κ3) is 2.65. The van der Waals surface area contributed by atoms with Gasteiger partial charge in [-0.2, -0.15) is 4.99 Å². The molecule has 0 N–H and O–H groups in total. The number of isocyanates is 1. The number of hydrogen-bond donors (Lipinski definition) is 0. The quantitative estimate of drug-likeness (QED) is 0.571. The molecule has 1 aromatic rings. The number of benzene rings is 1. The molecule has 0 aliphatic rings. The zero-order chi connectivity index (χ0) is 11.5. The van der Waals surface area contributed by atoms with Crippen molar-refractivity contribution in [3.05, 3.63) is 18.2 Å². The van der Waals surface area contributed by atoms with Crippen LogP contribution in [0.1, 0.15) is 0 Å². The summed E-state index contributed by atoms with van der Waals surface area (Å²) in [6.45, 7) is 0. The van der Waals surface area contributed by atoms with Crippen LogP contribution in [0.2, 0.25) is 0 Å². The number of sulfone groups is 1. The summed E-state index contributed by atoms with van der Waals surface area (Å²) in [6, 6.07) is 4.11. The summed E-state index contributed by atoms with van der Waals surface area (Å²) < 4.78 is 27.5. The lowest BCUT2D eigenvalue weighted by Crippen LogP contribution is -2.00. The molecule has 80 valence electrons. The molecule has 0 bridgehead atoms. The zero-order valence-electron chi connectivity index (χ0n) is 8.22. The highest BCUT2D eigenvalue weighted by molar-refractivity contribution is 7.90. The smallest absolute Gasteiger partial charge is 0.240 e. The number of aliphatic imine (C=N–C) groups is 1. The SMILES string of the molecule is COc1cc(N=C=O)ccc1S(C)(=O)=O. The van der Waals surface area contributed by atoms with Gasteiger partial charge in [-0.3, -0.25) is 0 Å². The highest BCUT2D eigenvalue weighted by Crippen LogP contribution is 2.28. The van der Waals surface area contributed by atoms with Crippen molar-refractivity contribution in [2.45, 2.75) is 4.90 Å². The van der Waals surface area contributed by atoms with Gasteiger partial charge < -0.3 is 4.74 Å². The molecule has 0 heterocycles. The third-order valence-electron chi connectivity index (χ3n) is 1.72. The van der Waals surface area contributed by atoms with Gasteiger partial charge in [0.25, 0.3) is 0 Å². The van der Waals surface area contributed by atoms with Crippen LogP contribution in [-0.2, 0) is 14.6 Å². The molecule has 0 aliphatic heterocycles. The van der Waals surface area contributed by atoms with Gasteiger partial charge in [-0.05, 0) is 12.1 Å². The number of ether oxygens (including phenoxy) is 1. The average Bonchev–Trinajstić information content (AvgIpc) is 2.16. The van der Waals surface area contributed by atoms with Crippen LogP contribution in [0, 0.1) is 0 Å². The minimum atomic E-state index is -3.34. The standard InChI is InChI=1S/C9H9NO4S/c1-14-8-5-7(10-6-11)3-4-9(8)15(2,12)13/h3-5H,1-2H3. The molecule has 0 aromatic heterocycles. The zero-order valence-corrected chi connectivity index (χ0v) is 9.04. The van der Waals surface area contributed by atoms with Gasteiger partial charge in [0.15, 0.2) is 9.84 Å². The maximum absolute atomic E-state index is 11.3. The molecular formula is C9H9NO4S. The van der Waals surface area contributed by atoms with Crippen LogP contribution in [0.5, 0.6) is 5.75 Å². The second-order valence-electron chi connectivity index (χ2n) is 2.81. The number of carbonyl (C=O) groups excluding carboxylic acids is 1. The van der Waals surface area contributed by atoms with Gasteiger partial charge in [0.05, 0.1) is 12.8 Å². The number of nitrogens with zero attached hydrogens (tertiary/aromatic N) is 1. The fourth-order valence-corrected chi connectivity index (χ4v) is 1.91. The first kappa shape index (κ1) is 11.4.